The van der Waals surface area contributed by atoms with E-state index in [1.807, 2.05) is 20.8 Å². The zero-order valence-electron chi connectivity index (χ0n) is 16.9. The summed E-state index contributed by atoms with van der Waals surface area (Å²) in [6, 6.07) is 0. The van der Waals surface area contributed by atoms with Gasteiger partial charge in [-0.3, -0.25) is 4.79 Å². The molecule has 26 heavy (non-hydrogen) atoms. The number of carbonyl (C=O) groups excluding carboxylic acids is 1. The Balaban J connectivity index is 2.32. The number of nitrogens with one attached hydrogen (secondary N) is 1. The Morgan fingerprint density at radius 2 is 1.50 bits per heavy atom. The Labute approximate surface area is 158 Å². The van der Waals surface area contributed by atoms with Crippen LogP contribution in [0, 0.1) is 5.41 Å². The number of amides is 1. The summed E-state index contributed by atoms with van der Waals surface area (Å²) in [6.07, 6.45) is 3.56. The molecule has 1 aliphatic heterocycles. The molecule has 0 aromatic heterocycles. The maximum atomic E-state index is 12.0. The van der Waals surface area contributed by atoms with Crippen molar-refractivity contribution in [1.29, 1.82) is 0 Å². The zero-order chi connectivity index (χ0) is 19.7. The van der Waals surface area contributed by atoms with Gasteiger partial charge in [0.1, 0.15) is 24.4 Å². The predicted molar refractivity (Wildman–Crippen MR) is 102 cm³/mol. The molecule has 1 amide bonds. The van der Waals surface area contributed by atoms with Gasteiger partial charge in [0.15, 0.2) is 0 Å². The van der Waals surface area contributed by atoms with Gasteiger partial charge in [-0.15, -0.1) is 0 Å². The van der Waals surface area contributed by atoms with Crippen LogP contribution in [-0.4, -0.2) is 58.3 Å². The molecule has 0 aromatic carbocycles. The van der Waals surface area contributed by atoms with Gasteiger partial charge in [0.2, 0.25) is 5.91 Å². The fourth-order valence-electron chi connectivity index (χ4n) is 3.38. The Bertz CT molecular complexity index is 409. The maximum absolute atomic E-state index is 12.0. The summed E-state index contributed by atoms with van der Waals surface area (Å²) >= 11 is 0. The fraction of sp³-hybridized carbons (Fsp3) is 0.950. The second-order valence-corrected chi connectivity index (χ2v) is 8.61. The first kappa shape index (κ1) is 23.3. The monoisotopic (exact) mass is 373 g/mol. The maximum Gasteiger partial charge on any atom is 0.220 e. The molecule has 4 N–H and O–H groups in total. The van der Waals surface area contributed by atoms with Gasteiger partial charge in [0.05, 0.1) is 6.10 Å². The van der Waals surface area contributed by atoms with Crippen LogP contribution < -0.4 is 5.32 Å². The van der Waals surface area contributed by atoms with Crippen LogP contribution >= 0.6 is 0 Å². The van der Waals surface area contributed by atoms with Crippen LogP contribution in [0.25, 0.3) is 0 Å². The number of hydrogen-bond donors (Lipinski definition) is 4. The SMILES string of the molecule is CCCCCCCCCC(=O)NCC1OC(C(C)(C)C)C(O)[C@@H](O)[C@H]1O. The minimum atomic E-state index is -1.28. The van der Waals surface area contributed by atoms with Gasteiger partial charge in [0, 0.05) is 13.0 Å². The molecule has 1 saturated heterocycles. The Hall–Kier alpha value is -0.690. The molecule has 5 atom stereocenters. The highest BCUT2D eigenvalue weighted by atomic mass is 16.5. The lowest BCUT2D eigenvalue weighted by molar-refractivity contribution is -0.242. The summed E-state index contributed by atoms with van der Waals surface area (Å²) in [4.78, 5) is 12.0. The summed E-state index contributed by atoms with van der Waals surface area (Å²) in [6.45, 7) is 8.04. The first-order valence-electron chi connectivity index (χ1n) is 10.1. The zero-order valence-corrected chi connectivity index (χ0v) is 16.9. The van der Waals surface area contributed by atoms with Crippen LogP contribution in [0.5, 0.6) is 0 Å². The van der Waals surface area contributed by atoms with Crippen LogP contribution in [0.4, 0.5) is 0 Å². The van der Waals surface area contributed by atoms with Crippen molar-refractivity contribution in [2.24, 2.45) is 5.41 Å². The molecule has 1 heterocycles. The molecule has 6 heteroatoms. The minimum absolute atomic E-state index is 0.0673. The molecule has 0 spiro atoms. The van der Waals surface area contributed by atoms with Gasteiger partial charge in [-0.05, 0) is 11.8 Å². The Morgan fingerprint density at radius 3 is 2.08 bits per heavy atom. The van der Waals surface area contributed by atoms with Crippen molar-refractivity contribution in [2.75, 3.05) is 6.54 Å². The van der Waals surface area contributed by atoms with Crippen molar-refractivity contribution in [3.05, 3.63) is 0 Å². The molecule has 6 nitrogen and oxygen atoms in total. The molecule has 154 valence electrons. The second kappa shape index (κ2) is 11.2. The fourth-order valence-corrected chi connectivity index (χ4v) is 3.38. The largest absolute Gasteiger partial charge is 0.388 e. The highest BCUT2D eigenvalue weighted by Gasteiger charge is 2.47. The van der Waals surface area contributed by atoms with Crippen molar-refractivity contribution in [3.8, 4) is 0 Å². The van der Waals surface area contributed by atoms with Crippen molar-refractivity contribution in [3.63, 3.8) is 0 Å². The standard InChI is InChI=1S/C20H39NO5/c1-5-6-7-8-9-10-11-12-15(22)21-13-14-16(23)17(24)18(25)19(26-14)20(2,3)4/h14,16-19,23-25H,5-13H2,1-4H3,(H,21,22)/t14?,16-,17-,18?,19?/m0/s1. The van der Waals surface area contributed by atoms with Crippen molar-refractivity contribution >= 4 is 5.91 Å². The molecule has 1 fully saturated rings. The van der Waals surface area contributed by atoms with Crippen LogP contribution in [0.2, 0.25) is 0 Å². The van der Waals surface area contributed by atoms with Crippen LogP contribution in [0.3, 0.4) is 0 Å². The predicted octanol–water partition coefficient (Wildman–Crippen LogP) is 2.14. The van der Waals surface area contributed by atoms with Gasteiger partial charge in [-0.2, -0.15) is 0 Å². The summed E-state index contributed by atoms with van der Waals surface area (Å²) in [7, 11) is 0. The quantitative estimate of drug-likeness (QED) is 0.440. The lowest BCUT2D eigenvalue weighted by atomic mass is 9.80. The molecule has 1 aliphatic rings. The number of aliphatic hydroxyl groups is 3. The van der Waals surface area contributed by atoms with Crippen molar-refractivity contribution in [1.82, 2.24) is 5.32 Å². The van der Waals surface area contributed by atoms with E-state index in [4.69, 9.17) is 4.74 Å². The smallest absolute Gasteiger partial charge is 0.220 e. The third-order valence-corrected chi connectivity index (χ3v) is 5.07. The van der Waals surface area contributed by atoms with Gasteiger partial charge < -0.3 is 25.4 Å². The summed E-state index contributed by atoms with van der Waals surface area (Å²) in [5, 5.41) is 33.1. The number of aliphatic hydroxyl groups excluding tert-OH is 3. The van der Waals surface area contributed by atoms with Crippen molar-refractivity contribution in [2.45, 2.75) is 110 Å². The number of unbranched alkanes of at least 4 members (excludes halogenated alkanes) is 6. The Morgan fingerprint density at radius 1 is 0.923 bits per heavy atom. The molecule has 0 saturated carbocycles. The van der Waals surface area contributed by atoms with E-state index in [0.29, 0.717) is 6.42 Å². The summed E-state index contributed by atoms with van der Waals surface area (Å²) in [5.41, 5.74) is -0.388. The first-order chi connectivity index (χ1) is 12.2. The minimum Gasteiger partial charge on any atom is -0.388 e. The van der Waals surface area contributed by atoms with E-state index in [2.05, 4.69) is 12.2 Å². The molecular weight excluding hydrogens is 334 g/mol. The first-order valence-corrected chi connectivity index (χ1v) is 10.1. The van der Waals surface area contributed by atoms with Crippen molar-refractivity contribution < 1.29 is 24.9 Å². The van der Waals surface area contributed by atoms with Gasteiger partial charge in [-0.1, -0.05) is 66.2 Å². The van der Waals surface area contributed by atoms with Crippen LogP contribution in [0.15, 0.2) is 0 Å². The van der Waals surface area contributed by atoms with Crippen LogP contribution in [-0.2, 0) is 9.53 Å². The van der Waals surface area contributed by atoms with E-state index in [-0.39, 0.29) is 17.9 Å². The average molecular weight is 374 g/mol. The van der Waals surface area contributed by atoms with Crippen LogP contribution in [0.1, 0.15) is 79.1 Å². The Kier molecular flexibility index (Phi) is 10.1. The van der Waals surface area contributed by atoms with E-state index < -0.39 is 30.5 Å². The second-order valence-electron chi connectivity index (χ2n) is 8.61. The number of ether oxygens (including phenoxy) is 1. The topological polar surface area (TPSA) is 99.0 Å². The van der Waals surface area contributed by atoms with Gasteiger partial charge in [0.25, 0.3) is 0 Å². The third kappa shape index (κ3) is 7.51. The molecular formula is C20H39NO5. The third-order valence-electron chi connectivity index (χ3n) is 5.07. The highest BCUT2D eigenvalue weighted by Crippen LogP contribution is 2.32. The molecule has 0 bridgehead atoms. The molecule has 0 radical (unpaired) electrons. The molecule has 3 unspecified atom stereocenters. The van der Waals surface area contributed by atoms with Gasteiger partial charge in [-0.25, -0.2) is 0 Å². The average Bonchev–Trinajstić information content (AvgIpc) is 2.57. The summed E-state index contributed by atoms with van der Waals surface area (Å²) < 4.78 is 5.80. The molecule has 0 aromatic rings. The number of hydrogen-bond acceptors (Lipinski definition) is 5. The highest BCUT2D eigenvalue weighted by molar-refractivity contribution is 5.75. The normalized spacial score (nSPS) is 29.6. The van der Waals surface area contributed by atoms with E-state index in [1.165, 1.54) is 25.7 Å². The van der Waals surface area contributed by atoms with Gasteiger partial charge >= 0.3 is 0 Å². The van der Waals surface area contributed by atoms with E-state index in [9.17, 15) is 20.1 Å². The summed E-state index contributed by atoms with van der Waals surface area (Å²) in [5.74, 6) is -0.0673. The number of carbonyl (C=O) groups is 1. The molecule has 1 rings (SSSR count). The van der Waals surface area contributed by atoms with E-state index >= 15 is 0 Å². The van der Waals surface area contributed by atoms with E-state index in [0.717, 1.165) is 19.3 Å². The lowest BCUT2D eigenvalue weighted by Gasteiger charge is -2.45. The molecule has 0 aliphatic carbocycles. The van der Waals surface area contributed by atoms with E-state index in [1.54, 1.807) is 0 Å². The number of rotatable bonds is 10. The lowest BCUT2D eigenvalue weighted by Crippen LogP contribution is -2.62.